The molecule has 0 unspecified atom stereocenters. The van der Waals surface area contributed by atoms with E-state index in [0.717, 1.165) is 4.47 Å². The normalized spacial score (nSPS) is 10.1. The monoisotopic (exact) mass is 383 g/mol. The number of anilines is 2. The lowest BCUT2D eigenvalue weighted by atomic mass is 10.3. The molecule has 2 rings (SSSR count). The zero-order valence-corrected chi connectivity index (χ0v) is 14.2. The number of carbonyl (C=O) groups excluding carboxylic acids is 2. The third kappa shape index (κ3) is 5.12. The standard InChI is InChI=1S/C14H14BrN3O3S/c1-2-21-14(20)18-13-17-11(8-22-13)7-12(19)16-10-5-3-9(15)4-6-10/h3-6,8H,2,7H2,1H3,(H,16,19)(H,17,18,20). The van der Waals surface area contributed by atoms with E-state index in [9.17, 15) is 9.59 Å². The van der Waals surface area contributed by atoms with E-state index in [1.807, 2.05) is 12.1 Å². The summed E-state index contributed by atoms with van der Waals surface area (Å²) in [4.78, 5) is 27.4. The van der Waals surface area contributed by atoms with Gasteiger partial charge in [0.05, 0.1) is 18.7 Å². The van der Waals surface area contributed by atoms with Crippen LogP contribution in [0.4, 0.5) is 15.6 Å². The van der Waals surface area contributed by atoms with Crippen molar-refractivity contribution in [2.45, 2.75) is 13.3 Å². The fourth-order valence-corrected chi connectivity index (χ4v) is 2.56. The molecule has 0 radical (unpaired) electrons. The van der Waals surface area contributed by atoms with Gasteiger partial charge in [-0.25, -0.2) is 9.78 Å². The number of halogens is 1. The van der Waals surface area contributed by atoms with Gasteiger partial charge >= 0.3 is 6.09 Å². The first-order chi connectivity index (χ1) is 10.6. The highest BCUT2D eigenvalue weighted by Crippen LogP contribution is 2.17. The van der Waals surface area contributed by atoms with Crippen LogP contribution in [0.15, 0.2) is 34.1 Å². The van der Waals surface area contributed by atoms with Crippen LogP contribution in [-0.2, 0) is 16.0 Å². The number of thiazole rings is 1. The summed E-state index contributed by atoms with van der Waals surface area (Å²) < 4.78 is 5.70. The maximum absolute atomic E-state index is 11.9. The molecule has 116 valence electrons. The zero-order chi connectivity index (χ0) is 15.9. The molecule has 8 heteroatoms. The van der Waals surface area contributed by atoms with Gasteiger partial charge < -0.3 is 10.1 Å². The first-order valence-corrected chi connectivity index (χ1v) is 8.17. The minimum Gasteiger partial charge on any atom is -0.450 e. The van der Waals surface area contributed by atoms with Crippen LogP contribution in [0.1, 0.15) is 12.6 Å². The van der Waals surface area contributed by atoms with Gasteiger partial charge in [-0.3, -0.25) is 10.1 Å². The topological polar surface area (TPSA) is 80.3 Å². The fraction of sp³-hybridized carbons (Fsp3) is 0.214. The van der Waals surface area contributed by atoms with Crippen molar-refractivity contribution in [1.82, 2.24) is 4.98 Å². The Kier molecular flexibility index (Phi) is 5.91. The van der Waals surface area contributed by atoms with Crippen LogP contribution < -0.4 is 10.6 Å². The minimum atomic E-state index is -0.553. The van der Waals surface area contributed by atoms with E-state index in [4.69, 9.17) is 4.74 Å². The first kappa shape index (κ1) is 16.4. The maximum atomic E-state index is 11.9. The molecule has 2 aromatic rings. The lowest BCUT2D eigenvalue weighted by Crippen LogP contribution is -2.15. The lowest BCUT2D eigenvalue weighted by molar-refractivity contribution is -0.115. The van der Waals surface area contributed by atoms with Crippen molar-refractivity contribution in [1.29, 1.82) is 0 Å². The van der Waals surface area contributed by atoms with E-state index in [-0.39, 0.29) is 12.3 Å². The van der Waals surface area contributed by atoms with E-state index in [0.29, 0.717) is 23.1 Å². The molecule has 0 fully saturated rings. The Labute approximate surface area is 140 Å². The van der Waals surface area contributed by atoms with E-state index in [1.165, 1.54) is 11.3 Å². The molecule has 22 heavy (non-hydrogen) atoms. The number of nitrogens with zero attached hydrogens (tertiary/aromatic N) is 1. The van der Waals surface area contributed by atoms with Crippen LogP contribution in [0.5, 0.6) is 0 Å². The highest BCUT2D eigenvalue weighted by atomic mass is 79.9. The molecule has 2 N–H and O–H groups in total. The summed E-state index contributed by atoms with van der Waals surface area (Å²) in [6.45, 7) is 2.01. The van der Waals surface area contributed by atoms with Crippen molar-refractivity contribution in [2.24, 2.45) is 0 Å². The van der Waals surface area contributed by atoms with Crippen LogP contribution in [0.2, 0.25) is 0 Å². The van der Waals surface area contributed by atoms with Crippen molar-refractivity contribution >= 4 is 50.1 Å². The number of aromatic nitrogens is 1. The highest BCUT2D eigenvalue weighted by Gasteiger charge is 2.10. The van der Waals surface area contributed by atoms with Gasteiger partial charge in [-0.2, -0.15) is 0 Å². The smallest absolute Gasteiger partial charge is 0.413 e. The fourth-order valence-electron chi connectivity index (χ4n) is 1.60. The van der Waals surface area contributed by atoms with Crippen molar-refractivity contribution in [3.63, 3.8) is 0 Å². The molecule has 0 atom stereocenters. The molecule has 1 aromatic carbocycles. The third-order valence-electron chi connectivity index (χ3n) is 2.51. The molecule has 0 aliphatic rings. The number of nitrogens with one attached hydrogen (secondary N) is 2. The summed E-state index contributed by atoms with van der Waals surface area (Å²) in [5.41, 5.74) is 1.31. The first-order valence-electron chi connectivity index (χ1n) is 6.50. The van der Waals surface area contributed by atoms with Crippen molar-refractivity contribution in [2.75, 3.05) is 17.2 Å². The van der Waals surface area contributed by atoms with Gasteiger partial charge in [0.25, 0.3) is 0 Å². The largest absolute Gasteiger partial charge is 0.450 e. The average molecular weight is 384 g/mol. The van der Waals surface area contributed by atoms with Gasteiger partial charge in [-0.15, -0.1) is 11.3 Å². The molecule has 0 aliphatic heterocycles. The lowest BCUT2D eigenvalue weighted by Gasteiger charge is -2.04. The van der Waals surface area contributed by atoms with Gasteiger partial charge in [-0.05, 0) is 31.2 Å². The van der Waals surface area contributed by atoms with Gasteiger partial charge in [0.15, 0.2) is 5.13 Å². The molecule has 0 saturated carbocycles. The Morgan fingerprint density at radius 2 is 2.00 bits per heavy atom. The number of hydrogen-bond acceptors (Lipinski definition) is 5. The quantitative estimate of drug-likeness (QED) is 0.825. The number of rotatable bonds is 5. The number of amides is 2. The van der Waals surface area contributed by atoms with E-state index < -0.39 is 6.09 Å². The molecule has 2 amide bonds. The zero-order valence-electron chi connectivity index (χ0n) is 11.8. The SMILES string of the molecule is CCOC(=O)Nc1nc(CC(=O)Nc2ccc(Br)cc2)cs1. The van der Waals surface area contributed by atoms with Crippen molar-refractivity contribution in [3.8, 4) is 0 Å². The van der Waals surface area contributed by atoms with Gasteiger partial charge in [0.1, 0.15) is 0 Å². The Balaban J connectivity index is 1.88. The van der Waals surface area contributed by atoms with Crippen molar-refractivity contribution < 1.29 is 14.3 Å². The predicted molar refractivity (Wildman–Crippen MR) is 89.2 cm³/mol. The summed E-state index contributed by atoms with van der Waals surface area (Å²) in [5.74, 6) is -0.171. The number of hydrogen-bond donors (Lipinski definition) is 2. The molecule has 0 saturated heterocycles. The summed E-state index contributed by atoms with van der Waals surface area (Å²) in [6, 6.07) is 7.30. The molecule has 1 heterocycles. The second-order valence-electron chi connectivity index (χ2n) is 4.22. The van der Waals surface area contributed by atoms with Gasteiger partial charge in [0.2, 0.25) is 5.91 Å². The summed E-state index contributed by atoms with van der Waals surface area (Å²) in [6.07, 6.45) is -0.417. The molecule has 0 spiro atoms. The van der Waals surface area contributed by atoms with Crippen LogP contribution in [0, 0.1) is 0 Å². The summed E-state index contributed by atoms with van der Waals surface area (Å²) >= 11 is 4.58. The second kappa shape index (κ2) is 7.90. The van der Waals surface area contributed by atoms with E-state index in [1.54, 1.807) is 24.4 Å². The van der Waals surface area contributed by atoms with Crippen LogP contribution >= 0.6 is 27.3 Å². The Morgan fingerprint density at radius 1 is 1.27 bits per heavy atom. The Bertz CT molecular complexity index is 658. The van der Waals surface area contributed by atoms with Crippen LogP contribution in [0.3, 0.4) is 0 Å². The molecule has 6 nitrogen and oxygen atoms in total. The molecule has 0 bridgehead atoms. The predicted octanol–water partition coefficient (Wildman–Crippen LogP) is 3.66. The Hall–Kier alpha value is -1.93. The molecular formula is C14H14BrN3O3S. The number of ether oxygens (including phenoxy) is 1. The molecule has 0 aliphatic carbocycles. The van der Waals surface area contributed by atoms with Crippen molar-refractivity contribution in [3.05, 3.63) is 39.8 Å². The second-order valence-corrected chi connectivity index (χ2v) is 6.00. The number of carbonyl (C=O) groups is 2. The maximum Gasteiger partial charge on any atom is 0.413 e. The minimum absolute atomic E-state index is 0.136. The number of benzene rings is 1. The molecular weight excluding hydrogens is 370 g/mol. The van der Waals surface area contributed by atoms with Gasteiger partial charge in [0, 0.05) is 15.5 Å². The van der Waals surface area contributed by atoms with E-state index >= 15 is 0 Å². The van der Waals surface area contributed by atoms with Crippen LogP contribution in [-0.4, -0.2) is 23.6 Å². The Morgan fingerprint density at radius 3 is 2.68 bits per heavy atom. The van der Waals surface area contributed by atoms with E-state index in [2.05, 4.69) is 31.5 Å². The van der Waals surface area contributed by atoms with Crippen LogP contribution in [0.25, 0.3) is 0 Å². The summed E-state index contributed by atoms with van der Waals surface area (Å²) in [7, 11) is 0. The van der Waals surface area contributed by atoms with Gasteiger partial charge in [-0.1, -0.05) is 15.9 Å². The summed E-state index contributed by atoms with van der Waals surface area (Å²) in [5, 5.41) is 7.41. The molecule has 1 aromatic heterocycles. The highest BCUT2D eigenvalue weighted by molar-refractivity contribution is 9.10. The average Bonchev–Trinajstić information content (AvgIpc) is 2.88. The third-order valence-corrected chi connectivity index (χ3v) is 3.84.